The molecule has 0 aromatic heterocycles. The van der Waals surface area contributed by atoms with E-state index in [9.17, 15) is 4.39 Å². The summed E-state index contributed by atoms with van der Waals surface area (Å²) in [6, 6.07) is 3.21. The molecular weight excluding hydrogens is 181 g/mol. The Morgan fingerprint density at radius 3 is 3.07 bits per heavy atom. The molecule has 1 atom stereocenters. The van der Waals surface area contributed by atoms with Gasteiger partial charge in [0.05, 0.1) is 6.61 Å². The zero-order chi connectivity index (χ0) is 10.1. The topological polar surface area (TPSA) is 35.2 Å². The normalized spacial score (nSPS) is 20.9. The molecular formula is C11H14FNO. The summed E-state index contributed by atoms with van der Waals surface area (Å²) in [5.74, 6) is 0.385. The minimum Gasteiger partial charge on any atom is -0.493 e. The number of aryl methyl sites for hydroxylation is 1. The molecule has 0 amide bonds. The summed E-state index contributed by atoms with van der Waals surface area (Å²) < 4.78 is 18.7. The Kier molecular flexibility index (Phi) is 2.42. The highest BCUT2D eigenvalue weighted by molar-refractivity contribution is 5.40. The molecule has 1 heterocycles. The zero-order valence-electron chi connectivity index (χ0n) is 8.22. The van der Waals surface area contributed by atoms with Gasteiger partial charge in [-0.05, 0) is 31.4 Å². The lowest BCUT2D eigenvalue weighted by atomic mass is 10.0. The number of fused-ring (bicyclic) bond motifs is 1. The largest absolute Gasteiger partial charge is 0.493 e. The van der Waals surface area contributed by atoms with Gasteiger partial charge >= 0.3 is 0 Å². The maximum atomic E-state index is 13.2. The van der Waals surface area contributed by atoms with E-state index in [2.05, 4.69) is 0 Å². The maximum Gasteiger partial charge on any atom is 0.129 e. The van der Waals surface area contributed by atoms with Gasteiger partial charge in [0.1, 0.15) is 11.6 Å². The summed E-state index contributed by atoms with van der Waals surface area (Å²) in [4.78, 5) is 0. The van der Waals surface area contributed by atoms with Gasteiger partial charge in [-0.15, -0.1) is 0 Å². The van der Waals surface area contributed by atoms with Gasteiger partial charge in [0, 0.05) is 17.7 Å². The van der Waals surface area contributed by atoms with Gasteiger partial charge < -0.3 is 10.5 Å². The average Bonchev–Trinajstić information content (AvgIpc) is 2.31. The van der Waals surface area contributed by atoms with E-state index in [0.717, 1.165) is 18.4 Å². The highest BCUT2D eigenvalue weighted by Gasteiger charge is 2.17. The van der Waals surface area contributed by atoms with Crippen LogP contribution in [0.3, 0.4) is 0 Å². The molecule has 3 heteroatoms. The van der Waals surface area contributed by atoms with Gasteiger partial charge in [0.2, 0.25) is 0 Å². The monoisotopic (exact) mass is 195 g/mol. The minimum absolute atomic E-state index is 0.0215. The van der Waals surface area contributed by atoms with E-state index < -0.39 is 0 Å². The van der Waals surface area contributed by atoms with E-state index in [1.807, 2.05) is 0 Å². The molecule has 0 aliphatic carbocycles. The number of benzene rings is 1. The highest BCUT2D eigenvalue weighted by atomic mass is 19.1. The summed E-state index contributed by atoms with van der Waals surface area (Å²) in [6.45, 7) is 2.37. The lowest BCUT2D eigenvalue weighted by Crippen LogP contribution is -2.09. The zero-order valence-corrected chi connectivity index (χ0v) is 8.22. The van der Waals surface area contributed by atoms with Crippen LogP contribution in [-0.4, -0.2) is 6.61 Å². The summed E-state index contributed by atoms with van der Waals surface area (Å²) in [7, 11) is 0. The van der Waals surface area contributed by atoms with Gasteiger partial charge in [0.15, 0.2) is 0 Å². The van der Waals surface area contributed by atoms with E-state index >= 15 is 0 Å². The Morgan fingerprint density at radius 2 is 2.29 bits per heavy atom. The Hall–Kier alpha value is -1.09. The molecule has 0 saturated heterocycles. The third-order valence-corrected chi connectivity index (χ3v) is 2.61. The van der Waals surface area contributed by atoms with Crippen LogP contribution < -0.4 is 10.5 Å². The first-order valence-electron chi connectivity index (χ1n) is 4.87. The standard InChI is InChI=1S/C11H14FNO/c1-7-5-8-10(13)3-2-4-14-11(8)6-9(7)12/h5-6,10H,2-4,13H2,1H3/t10-/m0/s1. The van der Waals surface area contributed by atoms with Crippen LogP contribution in [0.15, 0.2) is 12.1 Å². The number of nitrogens with two attached hydrogens (primary N) is 1. The Labute approximate surface area is 82.9 Å². The first kappa shape index (κ1) is 9.46. The van der Waals surface area contributed by atoms with Crippen molar-refractivity contribution in [2.24, 2.45) is 5.73 Å². The predicted molar refractivity (Wildman–Crippen MR) is 52.8 cm³/mol. The summed E-state index contributed by atoms with van der Waals surface area (Å²) in [6.07, 6.45) is 1.83. The first-order valence-corrected chi connectivity index (χ1v) is 4.87. The van der Waals surface area contributed by atoms with Crippen molar-refractivity contribution in [2.45, 2.75) is 25.8 Å². The van der Waals surface area contributed by atoms with Crippen molar-refractivity contribution in [3.63, 3.8) is 0 Å². The van der Waals surface area contributed by atoms with Crippen LogP contribution in [0.5, 0.6) is 5.75 Å². The molecule has 1 aliphatic rings. The number of hydrogen-bond acceptors (Lipinski definition) is 2. The van der Waals surface area contributed by atoms with Crippen LogP contribution in [0.1, 0.15) is 30.0 Å². The van der Waals surface area contributed by atoms with Crippen molar-refractivity contribution in [1.82, 2.24) is 0 Å². The van der Waals surface area contributed by atoms with Gasteiger partial charge in [0.25, 0.3) is 0 Å². The van der Waals surface area contributed by atoms with E-state index in [4.69, 9.17) is 10.5 Å². The summed E-state index contributed by atoms with van der Waals surface area (Å²) in [5, 5.41) is 0. The van der Waals surface area contributed by atoms with Crippen molar-refractivity contribution >= 4 is 0 Å². The molecule has 2 N–H and O–H groups in total. The fraction of sp³-hybridized carbons (Fsp3) is 0.455. The fourth-order valence-corrected chi connectivity index (χ4v) is 1.74. The second-order valence-electron chi connectivity index (χ2n) is 3.74. The van der Waals surface area contributed by atoms with Gasteiger partial charge in [-0.1, -0.05) is 0 Å². The smallest absolute Gasteiger partial charge is 0.129 e. The quantitative estimate of drug-likeness (QED) is 0.689. The molecule has 2 nitrogen and oxygen atoms in total. The first-order chi connectivity index (χ1) is 6.68. The predicted octanol–water partition coefficient (Wildman–Crippen LogP) is 2.31. The van der Waals surface area contributed by atoms with E-state index in [1.54, 1.807) is 13.0 Å². The number of ether oxygens (including phenoxy) is 1. The molecule has 1 aliphatic heterocycles. The van der Waals surface area contributed by atoms with Crippen molar-refractivity contribution < 1.29 is 9.13 Å². The number of rotatable bonds is 0. The van der Waals surface area contributed by atoms with Crippen molar-refractivity contribution in [3.05, 3.63) is 29.1 Å². The van der Waals surface area contributed by atoms with Gasteiger partial charge in [-0.2, -0.15) is 0 Å². The molecule has 1 aromatic rings. The maximum absolute atomic E-state index is 13.2. The molecule has 2 rings (SSSR count). The molecule has 0 radical (unpaired) electrons. The molecule has 0 spiro atoms. The van der Waals surface area contributed by atoms with Crippen LogP contribution in [0.4, 0.5) is 4.39 Å². The third kappa shape index (κ3) is 1.60. The number of halogens is 1. The summed E-state index contributed by atoms with van der Waals surface area (Å²) >= 11 is 0. The minimum atomic E-state index is -0.224. The molecule has 0 unspecified atom stereocenters. The SMILES string of the molecule is Cc1cc2c(cc1F)OCCC[C@@H]2N. The van der Waals surface area contributed by atoms with Crippen molar-refractivity contribution in [2.75, 3.05) is 6.61 Å². The van der Waals surface area contributed by atoms with Crippen LogP contribution in [-0.2, 0) is 0 Å². The van der Waals surface area contributed by atoms with E-state index in [0.29, 0.717) is 17.9 Å². The lowest BCUT2D eigenvalue weighted by molar-refractivity contribution is 0.314. The Balaban J connectivity index is 2.49. The molecule has 0 fully saturated rings. The average molecular weight is 195 g/mol. The van der Waals surface area contributed by atoms with E-state index in [1.165, 1.54) is 6.07 Å². The Bertz CT molecular complexity index is 351. The van der Waals surface area contributed by atoms with Crippen molar-refractivity contribution in [1.29, 1.82) is 0 Å². The fourth-order valence-electron chi connectivity index (χ4n) is 1.74. The second kappa shape index (κ2) is 3.58. The van der Waals surface area contributed by atoms with Crippen LogP contribution >= 0.6 is 0 Å². The second-order valence-corrected chi connectivity index (χ2v) is 3.74. The van der Waals surface area contributed by atoms with Crippen LogP contribution in [0.2, 0.25) is 0 Å². The molecule has 0 saturated carbocycles. The van der Waals surface area contributed by atoms with E-state index in [-0.39, 0.29) is 11.9 Å². The van der Waals surface area contributed by atoms with Crippen LogP contribution in [0, 0.1) is 12.7 Å². The Morgan fingerprint density at radius 1 is 1.50 bits per heavy atom. The molecule has 1 aromatic carbocycles. The molecule has 14 heavy (non-hydrogen) atoms. The van der Waals surface area contributed by atoms with Crippen LogP contribution in [0.25, 0.3) is 0 Å². The molecule has 76 valence electrons. The number of hydrogen-bond donors (Lipinski definition) is 1. The van der Waals surface area contributed by atoms with Gasteiger partial charge in [-0.25, -0.2) is 4.39 Å². The molecule has 0 bridgehead atoms. The summed E-state index contributed by atoms with van der Waals surface area (Å²) in [5.41, 5.74) is 7.52. The lowest BCUT2D eigenvalue weighted by Gasteiger charge is -2.12. The van der Waals surface area contributed by atoms with Gasteiger partial charge in [-0.3, -0.25) is 0 Å². The third-order valence-electron chi connectivity index (χ3n) is 2.61. The van der Waals surface area contributed by atoms with Crippen molar-refractivity contribution in [3.8, 4) is 5.75 Å². The highest BCUT2D eigenvalue weighted by Crippen LogP contribution is 2.31.